The lowest BCUT2D eigenvalue weighted by Gasteiger charge is -2.36. The van der Waals surface area contributed by atoms with Gasteiger partial charge in [-0.1, -0.05) is 12.1 Å². The fraction of sp³-hybridized carbons (Fsp3) is 0.571. The van der Waals surface area contributed by atoms with Gasteiger partial charge in [0, 0.05) is 39.8 Å². The standard InChI is InChI=1S/C21H33N7O2/c1-16-25-26-20(27(16)2)14-23-21(22-11-13-29-3)24-17-8-7-12-28(15-17)18-9-5-6-10-19(18)30-4/h5-6,9-10,17H,7-8,11-15H2,1-4H3,(H2,22,23,24). The molecule has 1 fully saturated rings. The van der Waals surface area contributed by atoms with Crippen molar-refractivity contribution >= 4 is 11.6 Å². The van der Waals surface area contributed by atoms with Gasteiger partial charge in [0.15, 0.2) is 11.8 Å². The molecule has 9 heteroatoms. The van der Waals surface area contributed by atoms with Crippen LogP contribution in [-0.2, 0) is 18.3 Å². The third-order valence-corrected chi connectivity index (χ3v) is 5.35. The number of anilines is 1. The predicted octanol–water partition coefficient (Wildman–Crippen LogP) is 1.48. The highest BCUT2D eigenvalue weighted by molar-refractivity contribution is 5.80. The maximum absolute atomic E-state index is 5.55. The first-order chi connectivity index (χ1) is 14.6. The first-order valence-corrected chi connectivity index (χ1v) is 10.4. The molecule has 0 bridgehead atoms. The van der Waals surface area contributed by atoms with Crippen LogP contribution in [0.2, 0.25) is 0 Å². The van der Waals surface area contributed by atoms with E-state index in [2.05, 4.69) is 37.9 Å². The smallest absolute Gasteiger partial charge is 0.192 e. The third kappa shape index (κ3) is 5.63. The summed E-state index contributed by atoms with van der Waals surface area (Å²) in [4.78, 5) is 7.11. The fourth-order valence-corrected chi connectivity index (χ4v) is 3.56. The van der Waals surface area contributed by atoms with E-state index in [1.807, 2.05) is 30.7 Å². The summed E-state index contributed by atoms with van der Waals surface area (Å²) < 4.78 is 12.7. The quantitative estimate of drug-likeness (QED) is 0.384. The normalized spacial score (nSPS) is 17.1. The van der Waals surface area contributed by atoms with Crippen LogP contribution in [0, 0.1) is 6.92 Å². The maximum atomic E-state index is 5.55. The van der Waals surface area contributed by atoms with Crippen molar-refractivity contribution in [2.45, 2.75) is 32.4 Å². The number of ether oxygens (including phenoxy) is 2. The van der Waals surface area contributed by atoms with Crippen molar-refractivity contribution in [1.82, 2.24) is 25.4 Å². The van der Waals surface area contributed by atoms with E-state index in [0.717, 1.165) is 55.0 Å². The Kier molecular flexibility index (Phi) is 7.89. The number of hydrogen-bond donors (Lipinski definition) is 2. The molecule has 1 aromatic heterocycles. The summed E-state index contributed by atoms with van der Waals surface area (Å²) in [7, 11) is 5.37. The zero-order chi connectivity index (χ0) is 21.3. The third-order valence-electron chi connectivity index (χ3n) is 5.35. The summed E-state index contributed by atoms with van der Waals surface area (Å²) in [5.41, 5.74) is 1.13. The Morgan fingerprint density at radius 1 is 1.27 bits per heavy atom. The highest BCUT2D eigenvalue weighted by Gasteiger charge is 2.23. The highest BCUT2D eigenvalue weighted by Crippen LogP contribution is 2.29. The van der Waals surface area contributed by atoms with Gasteiger partial charge in [0.05, 0.1) is 19.4 Å². The molecule has 0 saturated carbocycles. The van der Waals surface area contributed by atoms with E-state index in [9.17, 15) is 0 Å². The molecule has 164 valence electrons. The molecule has 2 N–H and O–H groups in total. The molecular formula is C21H33N7O2. The molecule has 9 nitrogen and oxygen atoms in total. The molecule has 1 saturated heterocycles. The van der Waals surface area contributed by atoms with Crippen LogP contribution in [0.15, 0.2) is 29.3 Å². The van der Waals surface area contributed by atoms with Crippen molar-refractivity contribution in [3.05, 3.63) is 35.9 Å². The Morgan fingerprint density at radius 3 is 2.83 bits per heavy atom. The van der Waals surface area contributed by atoms with Gasteiger partial charge in [-0.2, -0.15) is 0 Å². The molecule has 2 heterocycles. The molecule has 1 aromatic carbocycles. The lowest BCUT2D eigenvalue weighted by molar-refractivity contribution is 0.203. The fourth-order valence-electron chi connectivity index (χ4n) is 3.56. The van der Waals surface area contributed by atoms with Gasteiger partial charge in [-0.05, 0) is 31.9 Å². The Bertz CT molecular complexity index is 837. The number of hydrogen-bond acceptors (Lipinski definition) is 6. The minimum atomic E-state index is 0.277. The first kappa shape index (κ1) is 21.9. The molecule has 0 aliphatic carbocycles. The van der Waals surface area contributed by atoms with Gasteiger partial charge in [-0.15, -0.1) is 10.2 Å². The molecular weight excluding hydrogens is 382 g/mol. The van der Waals surface area contributed by atoms with E-state index in [1.165, 1.54) is 0 Å². The topological polar surface area (TPSA) is 88.8 Å². The highest BCUT2D eigenvalue weighted by atomic mass is 16.5. The number of benzene rings is 1. The molecule has 0 amide bonds. The van der Waals surface area contributed by atoms with Crippen LogP contribution in [0.1, 0.15) is 24.5 Å². The van der Waals surface area contributed by atoms with E-state index < -0.39 is 0 Å². The number of piperidine rings is 1. The number of para-hydroxylation sites is 2. The SMILES string of the molecule is COCCNC(=NCc1nnc(C)n1C)NC1CCCN(c2ccccc2OC)C1. The second-order valence-corrected chi connectivity index (χ2v) is 7.41. The number of aromatic nitrogens is 3. The van der Waals surface area contributed by atoms with E-state index in [1.54, 1.807) is 14.2 Å². The van der Waals surface area contributed by atoms with Gasteiger partial charge in [0.2, 0.25) is 0 Å². The molecule has 0 spiro atoms. The van der Waals surface area contributed by atoms with Crippen LogP contribution in [0.5, 0.6) is 5.75 Å². The number of nitrogens with zero attached hydrogens (tertiary/aromatic N) is 5. The summed E-state index contributed by atoms with van der Waals surface area (Å²) in [5, 5.41) is 15.3. The molecule has 0 radical (unpaired) electrons. The second kappa shape index (κ2) is 10.8. The number of aliphatic imine (C=N–C) groups is 1. The number of guanidine groups is 1. The van der Waals surface area contributed by atoms with Crippen LogP contribution >= 0.6 is 0 Å². The van der Waals surface area contributed by atoms with Crippen molar-refractivity contribution < 1.29 is 9.47 Å². The molecule has 1 unspecified atom stereocenters. The summed E-state index contributed by atoms with van der Waals surface area (Å²) in [6.45, 7) is 5.59. The average molecular weight is 416 g/mol. The number of rotatable bonds is 8. The Hall–Kier alpha value is -2.81. The molecule has 1 aliphatic rings. The minimum absolute atomic E-state index is 0.277. The predicted molar refractivity (Wildman–Crippen MR) is 118 cm³/mol. The molecule has 2 aromatic rings. The van der Waals surface area contributed by atoms with Gasteiger partial charge in [-0.25, -0.2) is 4.99 Å². The van der Waals surface area contributed by atoms with Gasteiger partial charge in [-0.3, -0.25) is 0 Å². The van der Waals surface area contributed by atoms with Crippen LogP contribution in [0.4, 0.5) is 5.69 Å². The van der Waals surface area contributed by atoms with Crippen molar-refractivity contribution in [2.24, 2.45) is 12.0 Å². The molecule has 30 heavy (non-hydrogen) atoms. The van der Waals surface area contributed by atoms with Crippen molar-refractivity contribution in [2.75, 3.05) is 45.4 Å². The second-order valence-electron chi connectivity index (χ2n) is 7.41. The van der Waals surface area contributed by atoms with E-state index in [4.69, 9.17) is 14.5 Å². The monoisotopic (exact) mass is 415 g/mol. The van der Waals surface area contributed by atoms with Crippen LogP contribution in [0.3, 0.4) is 0 Å². The summed E-state index contributed by atoms with van der Waals surface area (Å²) >= 11 is 0. The van der Waals surface area contributed by atoms with Gasteiger partial charge in [0.1, 0.15) is 18.1 Å². The Balaban J connectivity index is 1.68. The van der Waals surface area contributed by atoms with Crippen LogP contribution < -0.4 is 20.3 Å². The lowest BCUT2D eigenvalue weighted by atomic mass is 10.0. The Labute approximate surface area is 178 Å². The number of methoxy groups -OCH3 is 2. The Morgan fingerprint density at radius 2 is 2.10 bits per heavy atom. The molecule has 3 rings (SSSR count). The maximum Gasteiger partial charge on any atom is 0.192 e. The van der Waals surface area contributed by atoms with Crippen molar-refractivity contribution in [3.8, 4) is 5.75 Å². The zero-order valence-electron chi connectivity index (χ0n) is 18.4. The summed E-state index contributed by atoms with van der Waals surface area (Å²) in [5.74, 6) is 3.38. The average Bonchev–Trinajstić information content (AvgIpc) is 3.10. The number of aryl methyl sites for hydroxylation is 1. The minimum Gasteiger partial charge on any atom is -0.495 e. The van der Waals surface area contributed by atoms with Gasteiger partial charge < -0.3 is 29.6 Å². The summed E-state index contributed by atoms with van der Waals surface area (Å²) in [6.07, 6.45) is 2.18. The van der Waals surface area contributed by atoms with Gasteiger partial charge >= 0.3 is 0 Å². The zero-order valence-corrected chi connectivity index (χ0v) is 18.4. The lowest BCUT2D eigenvalue weighted by Crippen LogP contribution is -2.51. The van der Waals surface area contributed by atoms with Gasteiger partial charge in [0.25, 0.3) is 0 Å². The number of nitrogens with one attached hydrogen (secondary N) is 2. The largest absolute Gasteiger partial charge is 0.495 e. The molecule has 1 atom stereocenters. The molecule has 1 aliphatic heterocycles. The first-order valence-electron chi connectivity index (χ1n) is 10.4. The van der Waals surface area contributed by atoms with E-state index >= 15 is 0 Å². The van der Waals surface area contributed by atoms with E-state index in [0.29, 0.717) is 19.7 Å². The van der Waals surface area contributed by atoms with E-state index in [-0.39, 0.29) is 6.04 Å². The van der Waals surface area contributed by atoms with Crippen molar-refractivity contribution in [3.63, 3.8) is 0 Å². The van der Waals surface area contributed by atoms with Crippen molar-refractivity contribution in [1.29, 1.82) is 0 Å². The van der Waals surface area contributed by atoms with Crippen LogP contribution in [0.25, 0.3) is 0 Å². The van der Waals surface area contributed by atoms with Crippen LogP contribution in [-0.4, -0.2) is 67.2 Å². The summed E-state index contributed by atoms with van der Waals surface area (Å²) in [6, 6.07) is 8.45.